The van der Waals surface area contributed by atoms with E-state index in [1.807, 2.05) is 12.1 Å². The molecule has 0 aliphatic carbocycles. The summed E-state index contributed by atoms with van der Waals surface area (Å²) in [6.07, 6.45) is 6.62. The first kappa shape index (κ1) is 22.8. The number of nitrogens with two attached hydrogens (primary N) is 1. The normalized spacial score (nSPS) is 17.5. The van der Waals surface area contributed by atoms with E-state index >= 15 is 0 Å². The van der Waals surface area contributed by atoms with E-state index in [-0.39, 0.29) is 0 Å². The van der Waals surface area contributed by atoms with Crippen molar-refractivity contribution < 1.29 is 14.3 Å². The monoisotopic (exact) mass is 419 g/mol. The Kier molecular flexibility index (Phi) is 8.32. The minimum atomic E-state index is -1.38. The lowest BCUT2D eigenvalue weighted by Gasteiger charge is -2.33. The number of fused-ring (bicyclic) bond motifs is 1. The van der Waals surface area contributed by atoms with Gasteiger partial charge in [-0.2, -0.15) is 0 Å². The number of ether oxygens (including phenoxy) is 2. The third-order valence-corrected chi connectivity index (χ3v) is 6.03. The fourth-order valence-electron chi connectivity index (χ4n) is 4.02. The van der Waals surface area contributed by atoms with Gasteiger partial charge in [-0.05, 0) is 89.1 Å². The molecule has 0 saturated carbocycles. The maximum atomic E-state index is 12.5. The summed E-state index contributed by atoms with van der Waals surface area (Å²) in [5.74, 6) is -0.517. The van der Waals surface area contributed by atoms with E-state index in [9.17, 15) is 4.79 Å². The van der Waals surface area contributed by atoms with Gasteiger partial charge < -0.3 is 19.3 Å². The smallest absolute Gasteiger partial charge is 0.413 e. The van der Waals surface area contributed by atoms with Gasteiger partial charge in [0, 0.05) is 13.1 Å². The Balaban J connectivity index is 1.45. The van der Waals surface area contributed by atoms with Gasteiger partial charge in [-0.1, -0.05) is 12.5 Å². The van der Waals surface area contributed by atoms with E-state index in [2.05, 4.69) is 21.6 Å². The van der Waals surface area contributed by atoms with Gasteiger partial charge in [-0.25, -0.2) is 4.79 Å². The zero-order valence-electron chi connectivity index (χ0n) is 18.4. The average Bonchev–Trinajstić information content (AvgIpc) is 2.79. The van der Waals surface area contributed by atoms with Crippen LogP contribution in [-0.2, 0) is 17.7 Å². The number of nitrogens with zero attached hydrogens (tertiary/aromatic N) is 2. The van der Waals surface area contributed by atoms with Gasteiger partial charge in [0.15, 0.2) is 0 Å². The number of unbranched alkanes of at least 4 members (excludes halogenated alkanes) is 1. The Labute approximate surface area is 180 Å². The highest BCUT2D eigenvalue weighted by atomic mass is 16.6. The molecule has 3 rings (SSSR count). The number of hydrogen-bond donors (Lipinski definition) is 3. The molecule has 4 N–H and O–H groups in total. The third kappa shape index (κ3) is 6.31. The fraction of sp³-hybridized carbons (Fsp3) is 0.682. The highest BCUT2D eigenvalue weighted by molar-refractivity contribution is 5.68. The van der Waals surface area contributed by atoms with Gasteiger partial charge in [0.25, 0.3) is 5.97 Å². The van der Waals surface area contributed by atoms with Crippen molar-refractivity contribution in [2.24, 2.45) is 5.73 Å². The topological polar surface area (TPSA) is 92.1 Å². The van der Waals surface area contributed by atoms with Crippen molar-refractivity contribution >= 4 is 6.09 Å². The number of rotatable bonds is 9. The van der Waals surface area contributed by atoms with Crippen LogP contribution in [0.2, 0.25) is 0 Å². The lowest BCUT2D eigenvalue weighted by molar-refractivity contribution is -0.0450. The summed E-state index contributed by atoms with van der Waals surface area (Å²) in [4.78, 5) is 16.7. The molecule has 0 atom stereocenters. The zero-order chi connectivity index (χ0) is 21.4. The van der Waals surface area contributed by atoms with Crippen molar-refractivity contribution in [2.75, 3.05) is 46.9 Å². The van der Waals surface area contributed by atoms with E-state index in [0.29, 0.717) is 13.1 Å². The highest BCUT2D eigenvalue weighted by Crippen LogP contribution is 2.25. The zero-order valence-corrected chi connectivity index (χ0v) is 18.4. The first-order valence-electron chi connectivity index (χ1n) is 11.1. The number of piperidine rings is 1. The molecule has 1 amide bonds. The van der Waals surface area contributed by atoms with Gasteiger partial charge >= 0.3 is 6.09 Å². The second-order valence-electron chi connectivity index (χ2n) is 8.16. The van der Waals surface area contributed by atoms with Crippen molar-refractivity contribution in [3.05, 3.63) is 29.3 Å². The molecular weight excluding hydrogens is 382 g/mol. The third-order valence-electron chi connectivity index (χ3n) is 6.03. The van der Waals surface area contributed by atoms with Crippen LogP contribution >= 0.6 is 0 Å². The highest BCUT2D eigenvalue weighted by Gasteiger charge is 2.30. The Morgan fingerprint density at radius 2 is 1.87 bits per heavy atom. The summed E-state index contributed by atoms with van der Waals surface area (Å²) in [6, 6.07) is 6.19. The maximum absolute atomic E-state index is 12.5. The molecule has 0 aromatic heterocycles. The van der Waals surface area contributed by atoms with E-state index in [4.69, 9.17) is 15.2 Å². The van der Waals surface area contributed by atoms with E-state index in [0.717, 1.165) is 30.8 Å². The van der Waals surface area contributed by atoms with E-state index in [1.165, 1.54) is 50.9 Å². The lowest BCUT2D eigenvalue weighted by atomic mass is 10.00. The van der Waals surface area contributed by atoms with Crippen LogP contribution in [0.3, 0.4) is 0 Å². The number of hydrogen-bond acceptors (Lipinski definition) is 7. The molecule has 1 aromatic carbocycles. The predicted octanol–water partition coefficient (Wildman–Crippen LogP) is 1.83. The molecule has 0 bridgehead atoms. The maximum Gasteiger partial charge on any atom is 0.413 e. The molecule has 0 spiro atoms. The predicted molar refractivity (Wildman–Crippen MR) is 117 cm³/mol. The van der Waals surface area contributed by atoms with Gasteiger partial charge in [-0.15, -0.1) is 0 Å². The summed E-state index contributed by atoms with van der Waals surface area (Å²) in [5.41, 5.74) is 8.28. The van der Waals surface area contributed by atoms with Crippen molar-refractivity contribution in [2.45, 2.75) is 51.0 Å². The first-order chi connectivity index (χ1) is 14.5. The summed E-state index contributed by atoms with van der Waals surface area (Å²) in [7, 11) is 3.26. The standard InChI is InChI=1S/C22H37N5O3/c1-24-22(23,25-2)30-21(28)27-14-10-18-8-9-20(16-19(18)17-27)29-15-7-6-13-26-11-4-3-5-12-26/h8-9,16,24-25H,3-7,10-15,17,23H2,1-2H3. The van der Waals surface area contributed by atoms with E-state index in [1.54, 1.807) is 19.0 Å². The Hall–Kier alpha value is -1.87. The molecule has 30 heavy (non-hydrogen) atoms. The van der Waals surface area contributed by atoms with Crippen LogP contribution in [0, 0.1) is 0 Å². The molecule has 8 nitrogen and oxygen atoms in total. The lowest BCUT2D eigenvalue weighted by Crippen LogP contribution is -2.65. The SMILES string of the molecule is CNC(N)(NC)OC(=O)N1CCc2ccc(OCCCCN3CCCCC3)cc2C1. The van der Waals surface area contributed by atoms with Crippen LogP contribution in [0.1, 0.15) is 43.2 Å². The molecule has 1 saturated heterocycles. The van der Waals surface area contributed by atoms with Gasteiger partial charge in [0.2, 0.25) is 0 Å². The van der Waals surface area contributed by atoms with Crippen LogP contribution in [-0.4, -0.2) is 68.7 Å². The Morgan fingerprint density at radius 1 is 1.10 bits per heavy atom. The van der Waals surface area contributed by atoms with Crippen LogP contribution in [0.25, 0.3) is 0 Å². The molecule has 168 valence electrons. The van der Waals surface area contributed by atoms with E-state index < -0.39 is 12.1 Å². The van der Waals surface area contributed by atoms with Gasteiger partial charge in [-0.3, -0.25) is 16.4 Å². The molecule has 0 unspecified atom stereocenters. The fourth-order valence-corrected chi connectivity index (χ4v) is 4.02. The number of likely N-dealkylation sites (tertiary alicyclic amines) is 1. The number of benzene rings is 1. The summed E-state index contributed by atoms with van der Waals surface area (Å²) >= 11 is 0. The van der Waals surface area contributed by atoms with Crippen molar-refractivity contribution in [1.82, 2.24) is 20.4 Å². The Morgan fingerprint density at radius 3 is 2.60 bits per heavy atom. The Bertz CT molecular complexity index is 689. The summed E-state index contributed by atoms with van der Waals surface area (Å²) in [6.45, 7) is 5.48. The van der Waals surface area contributed by atoms with Gasteiger partial charge in [0.1, 0.15) is 5.75 Å². The van der Waals surface area contributed by atoms with Crippen molar-refractivity contribution in [1.29, 1.82) is 0 Å². The second-order valence-corrected chi connectivity index (χ2v) is 8.16. The molecule has 1 fully saturated rings. The van der Waals surface area contributed by atoms with Crippen LogP contribution in [0.15, 0.2) is 18.2 Å². The summed E-state index contributed by atoms with van der Waals surface area (Å²) in [5, 5.41) is 5.51. The number of nitrogens with one attached hydrogen (secondary N) is 2. The number of carbonyl (C=O) groups is 1. The quantitative estimate of drug-likeness (QED) is 0.415. The molecule has 1 aromatic rings. The second kappa shape index (κ2) is 10.9. The minimum absolute atomic E-state index is 0.448. The molecule has 2 aliphatic heterocycles. The van der Waals surface area contributed by atoms with Crippen molar-refractivity contribution in [3.8, 4) is 5.75 Å². The molecule has 8 heteroatoms. The van der Waals surface area contributed by atoms with Crippen molar-refractivity contribution in [3.63, 3.8) is 0 Å². The molecular formula is C22H37N5O3. The van der Waals surface area contributed by atoms with Crippen LogP contribution in [0.5, 0.6) is 5.75 Å². The first-order valence-corrected chi connectivity index (χ1v) is 11.1. The molecule has 2 aliphatic rings. The summed E-state index contributed by atoms with van der Waals surface area (Å²) < 4.78 is 11.3. The van der Waals surface area contributed by atoms with Crippen LogP contribution < -0.4 is 21.1 Å². The molecule has 0 radical (unpaired) electrons. The largest absolute Gasteiger partial charge is 0.494 e. The van der Waals surface area contributed by atoms with Gasteiger partial charge in [0.05, 0.1) is 6.61 Å². The average molecular weight is 420 g/mol. The van der Waals surface area contributed by atoms with Crippen LogP contribution in [0.4, 0.5) is 4.79 Å². The molecule has 2 heterocycles. The minimum Gasteiger partial charge on any atom is -0.494 e. The number of amides is 1. The number of carbonyl (C=O) groups excluding carboxylic acids is 1.